The minimum absolute atomic E-state index is 0.0567. The van der Waals surface area contributed by atoms with Crippen molar-refractivity contribution in [1.29, 1.82) is 0 Å². The van der Waals surface area contributed by atoms with E-state index in [-0.39, 0.29) is 16.8 Å². The first-order valence-electron chi connectivity index (χ1n) is 6.66. The Morgan fingerprint density at radius 3 is 2.95 bits per heavy atom. The van der Waals surface area contributed by atoms with Gasteiger partial charge in [-0.25, -0.2) is 0 Å². The summed E-state index contributed by atoms with van der Waals surface area (Å²) in [4.78, 5) is 27.6. The van der Waals surface area contributed by atoms with E-state index in [1.54, 1.807) is 11.8 Å². The van der Waals surface area contributed by atoms with E-state index in [0.29, 0.717) is 23.0 Å². The van der Waals surface area contributed by atoms with Crippen LogP contribution in [0.2, 0.25) is 0 Å². The molecule has 0 saturated heterocycles. The number of methoxy groups -OCH3 is 1. The lowest BCUT2D eigenvalue weighted by molar-refractivity contribution is -0.144. The molecule has 2 bridgehead atoms. The molecule has 0 unspecified atom stereocenters. The molecule has 102 valence electrons. The Labute approximate surface area is 118 Å². The molecule has 4 rings (SSSR count). The molecule has 1 N–H and O–H groups in total. The molecule has 1 aliphatic heterocycles. The number of aromatic nitrogens is 1. The molecule has 2 aliphatic carbocycles. The lowest BCUT2D eigenvalue weighted by Gasteiger charge is -2.38. The number of hydrogen-bond acceptors (Lipinski definition) is 5. The maximum absolute atomic E-state index is 12.2. The van der Waals surface area contributed by atoms with E-state index in [1.807, 2.05) is 0 Å². The number of fused-ring (bicyclic) bond motifs is 6. The summed E-state index contributed by atoms with van der Waals surface area (Å²) in [6, 6.07) is 0. The first kappa shape index (κ1) is 12.0. The summed E-state index contributed by atoms with van der Waals surface area (Å²) in [6.07, 6.45) is 3.75. The highest BCUT2D eigenvalue weighted by atomic mass is 32.2. The third-order valence-electron chi connectivity index (χ3n) is 4.92. The molecule has 2 fully saturated rings. The zero-order chi connectivity index (χ0) is 13.1. The Hall–Kier alpha value is -0.750. The van der Waals surface area contributed by atoms with E-state index in [9.17, 15) is 9.59 Å². The number of esters is 1. The number of carbonyl (C=O) groups is 1. The summed E-state index contributed by atoms with van der Waals surface area (Å²) in [5, 5.41) is 1.40. The number of hydrogen-bond donors (Lipinski definition) is 1. The van der Waals surface area contributed by atoms with Crippen LogP contribution < -0.4 is 4.87 Å². The fraction of sp³-hybridized carbons (Fsp3) is 0.692. The summed E-state index contributed by atoms with van der Waals surface area (Å²) < 4.78 is 5.01. The monoisotopic (exact) mass is 297 g/mol. The van der Waals surface area contributed by atoms with Crippen molar-refractivity contribution in [2.24, 2.45) is 17.8 Å². The van der Waals surface area contributed by atoms with Crippen molar-refractivity contribution < 1.29 is 9.53 Å². The smallest absolute Gasteiger partial charge is 0.314 e. The van der Waals surface area contributed by atoms with Gasteiger partial charge in [0.2, 0.25) is 0 Å². The highest BCUT2D eigenvalue weighted by Crippen LogP contribution is 2.62. The van der Waals surface area contributed by atoms with Gasteiger partial charge in [0.25, 0.3) is 0 Å². The van der Waals surface area contributed by atoms with E-state index in [0.717, 1.165) is 9.90 Å². The molecular weight excluding hydrogens is 282 g/mol. The number of thiazole rings is 1. The molecule has 19 heavy (non-hydrogen) atoms. The molecule has 5 atom stereocenters. The molecule has 0 aromatic carbocycles. The van der Waals surface area contributed by atoms with Crippen molar-refractivity contribution in [2.75, 3.05) is 7.11 Å². The van der Waals surface area contributed by atoms with Crippen LogP contribution >= 0.6 is 23.1 Å². The van der Waals surface area contributed by atoms with Gasteiger partial charge in [-0.15, -0.1) is 11.8 Å². The van der Waals surface area contributed by atoms with Gasteiger partial charge in [0.1, 0.15) is 0 Å². The maximum Gasteiger partial charge on any atom is 0.314 e. The van der Waals surface area contributed by atoms with Crippen LogP contribution in [0.4, 0.5) is 0 Å². The van der Waals surface area contributed by atoms with Crippen LogP contribution in [-0.4, -0.2) is 23.3 Å². The minimum Gasteiger partial charge on any atom is -0.469 e. The number of aromatic amines is 1. The van der Waals surface area contributed by atoms with E-state index in [4.69, 9.17) is 4.74 Å². The Morgan fingerprint density at radius 1 is 1.37 bits per heavy atom. The summed E-state index contributed by atoms with van der Waals surface area (Å²) in [6.45, 7) is 0. The normalized spacial score (nSPS) is 38.9. The topological polar surface area (TPSA) is 59.2 Å². The molecule has 2 heterocycles. The van der Waals surface area contributed by atoms with Crippen LogP contribution in [0.5, 0.6) is 0 Å². The van der Waals surface area contributed by atoms with Crippen LogP contribution in [0.15, 0.2) is 9.82 Å². The molecule has 0 spiro atoms. The van der Waals surface area contributed by atoms with Gasteiger partial charge < -0.3 is 9.72 Å². The molecule has 1 aromatic heterocycles. The molecule has 6 heteroatoms. The van der Waals surface area contributed by atoms with Crippen molar-refractivity contribution in [3.8, 4) is 0 Å². The predicted molar refractivity (Wildman–Crippen MR) is 73.7 cm³/mol. The van der Waals surface area contributed by atoms with Gasteiger partial charge in [-0.2, -0.15) is 0 Å². The second kappa shape index (κ2) is 4.12. The van der Waals surface area contributed by atoms with E-state index in [1.165, 1.54) is 37.7 Å². The molecule has 0 radical (unpaired) electrons. The van der Waals surface area contributed by atoms with Crippen molar-refractivity contribution >= 4 is 29.1 Å². The average molecular weight is 297 g/mol. The van der Waals surface area contributed by atoms with Crippen molar-refractivity contribution in [1.82, 2.24) is 4.98 Å². The lowest BCUT2D eigenvalue weighted by Crippen LogP contribution is -2.37. The Kier molecular flexibility index (Phi) is 2.61. The van der Waals surface area contributed by atoms with Crippen LogP contribution in [0.1, 0.15) is 30.1 Å². The molecule has 2 saturated carbocycles. The highest BCUT2D eigenvalue weighted by Gasteiger charge is 2.56. The Bertz CT molecular complexity index is 593. The summed E-state index contributed by atoms with van der Waals surface area (Å²) in [5.74, 6) is 1.33. The van der Waals surface area contributed by atoms with Crippen molar-refractivity contribution in [3.05, 3.63) is 14.5 Å². The summed E-state index contributed by atoms with van der Waals surface area (Å²) in [7, 11) is 1.45. The maximum atomic E-state index is 12.2. The number of ether oxygens (including phenoxy) is 1. The zero-order valence-electron chi connectivity index (χ0n) is 10.5. The number of carbonyl (C=O) groups excluding carboxylic acids is 1. The Morgan fingerprint density at radius 2 is 2.16 bits per heavy atom. The third-order valence-corrected chi connectivity index (χ3v) is 7.54. The zero-order valence-corrected chi connectivity index (χ0v) is 12.2. The average Bonchev–Trinajstić information content (AvgIpc) is 3.07. The van der Waals surface area contributed by atoms with Crippen LogP contribution in [0.3, 0.4) is 0 Å². The van der Waals surface area contributed by atoms with Crippen molar-refractivity contribution in [3.63, 3.8) is 0 Å². The van der Waals surface area contributed by atoms with Gasteiger partial charge >= 0.3 is 10.8 Å². The third kappa shape index (κ3) is 1.59. The standard InChI is InChI=1S/C13H15NO3S2/c1-17-12(15)8-7-5-2-3-6(4-5)9(7)18-11-10(8)19-13(16)14-11/h5-9H,2-4H2,1H3,(H,14,16)/t5-,6-,7-,8+,9-/m1/s1. The van der Waals surface area contributed by atoms with E-state index in [2.05, 4.69) is 4.98 Å². The molecule has 3 aliphatic rings. The highest BCUT2D eigenvalue weighted by molar-refractivity contribution is 8.00. The lowest BCUT2D eigenvalue weighted by atomic mass is 9.78. The SMILES string of the molecule is COC(=O)[C@@H]1c2sc(=O)[nH]c2S[C@@H]2[C@@H]3CC[C@H](C3)[C@@H]21. The number of nitrogens with one attached hydrogen (secondary N) is 1. The van der Waals surface area contributed by atoms with Gasteiger partial charge in [-0.1, -0.05) is 11.3 Å². The predicted octanol–water partition coefficient (Wildman–Crippen LogP) is 2.21. The Balaban J connectivity index is 1.84. The first-order valence-corrected chi connectivity index (χ1v) is 8.36. The number of rotatable bonds is 1. The van der Waals surface area contributed by atoms with Gasteiger partial charge in [0, 0.05) is 5.25 Å². The second-order valence-electron chi connectivity index (χ2n) is 5.70. The minimum atomic E-state index is -0.217. The van der Waals surface area contributed by atoms with Gasteiger partial charge in [0.05, 0.1) is 22.9 Å². The number of thioether (sulfide) groups is 1. The quantitative estimate of drug-likeness (QED) is 0.807. The molecule has 4 nitrogen and oxygen atoms in total. The first-order chi connectivity index (χ1) is 9.19. The van der Waals surface area contributed by atoms with Crippen LogP contribution in [0.25, 0.3) is 0 Å². The van der Waals surface area contributed by atoms with E-state index >= 15 is 0 Å². The van der Waals surface area contributed by atoms with Crippen LogP contribution in [0, 0.1) is 17.8 Å². The largest absolute Gasteiger partial charge is 0.469 e. The van der Waals surface area contributed by atoms with Gasteiger partial charge in [-0.05, 0) is 37.0 Å². The molecule has 0 amide bonds. The van der Waals surface area contributed by atoms with E-state index < -0.39 is 0 Å². The van der Waals surface area contributed by atoms with Gasteiger partial charge in [-0.3, -0.25) is 9.59 Å². The second-order valence-corrected chi connectivity index (χ2v) is 7.90. The fourth-order valence-corrected chi connectivity index (χ4v) is 7.09. The van der Waals surface area contributed by atoms with Crippen LogP contribution in [-0.2, 0) is 9.53 Å². The summed E-state index contributed by atoms with van der Waals surface area (Å²) in [5.41, 5.74) is 0. The molecule has 1 aromatic rings. The summed E-state index contributed by atoms with van der Waals surface area (Å²) >= 11 is 2.98. The number of H-pyrrole nitrogens is 1. The van der Waals surface area contributed by atoms with Crippen molar-refractivity contribution in [2.45, 2.75) is 35.5 Å². The fourth-order valence-electron chi connectivity index (χ4n) is 4.24. The van der Waals surface area contributed by atoms with Gasteiger partial charge in [0.15, 0.2) is 0 Å². The molecular formula is C13H15NO3S2.